The van der Waals surface area contributed by atoms with Gasteiger partial charge in [-0.3, -0.25) is 0 Å². The zero-order valence-corrected chi connectivity index (χ0v) is 9.47. The number of para-hydroxylation sites is 1. The van der Waals surface area contributed by atoms with Gasteiger partial charge in [-0.2, -0.15) is 0 Å². The number of esters is 1. The van der Waals surface area contributed by atoms with Gasteiger partial charge in [-0.25, -0.2) is 9.18 Å². The number of ether oxygens (including phenoxy) is 1. The highest BCUT2D eigenvalue weighted by atomic mass is 19.1. The summed E-state index contributed by atoms with van der Waals surface area (Å²) < 4.78 is 18.2. The van der Waals surface area contributed by atoms with Crippen LogP contribution in [-0.4, -0.2) is 11.1 Å². The first-order chi connectivity index (χ1) is 8.68. The van der Waals surface area contributed by atoms with Crippen LogP contribution in [-0.2, 0) is 11.3 Å². The quantitative estimate of drug-likeness (QED) is 0.847. The first kappa shape index (κ1) is 12.1. The maximum absolute atomic E-state index is 13.3. The van der Waals surface area contributed by atoms with Crippen LogP contribution in [0.15, 0.2) is 48.5 Å². The van der Waals surface area contributed by atoms with Crippen LogP contribution in [0, 0.1) is 5.82 Å². The predicted octanol–water partition coefficient (Wildman–Crippen LogP) is 2.89. The fourth-order valence-corrected chi connectivity index (χ4v) is 1.48. The van der Waals surface area contributed by atoms with Crippen molar-refractivity contribution >= 4 is 5.97 Å². The van der Waals surface area contributed by atoms with Gasteiger partial charge < -0.3 is 9.84 Å². The molecule has 0 aromatic heterocycles. The lowest BCUT2D eigenvalue weighted by Crippen LogP contribution is -2.06. The van der Waals surface area contributed by atoms with E-state index in [4.69, 9.17) is 4.74 Å². The Morgan fingerprint density at radius 3 is 2.50 bits per heavy atom. The molecular weight excluding hydrogens is 235 g/mol. The van der Waals surface area contributed by atoms with Gasteiger partial charge in [0.05, 0.1) is 0 Å². The Hall–Kier alpha value is -2.36. The molecule has 2 rings (SSSR count). The lowest BCUT2D eigenvalue weighted by Gasteiger charge is -2.06. The normalized spacial score (nSPS) is 10.1. The monoisotopic (exact) mass is 246 g/mol. The molecule has 0 heterocycles. The molecule has 18 heavy (non-hydrogen) atoms. The number of carbonyl (C=O) groups is 1. The molecule has 0 bridgehead atoms. The van der Waals surface area contributed by atoms with E-state index in [0.717, 1.165) is 0 Å². The van der Waals surface area contributed by atoms with Crippen molar-refractivity contribution in [1.29, 1.82) is 0 Å². The summed E-state index contributed by atoms with van der Waals surface area (Å²) >= 11 is 0. The van der Waals surface area contributed by atoms with Gasteiger partial charge in [0.1, 0.15) is 23.7 Å². The molecule has 0 amide bonds. The predicted molar refractivity (Wildman–Crippen MR) is 63.6 cm³/mol. The first-order valence-corrected chi connectivity index (χ1v) is 5.37. The van der Waals surface area contributed by atoms with E-state index in [1.807, 2.05) is 0 Å². The van der Waals surface area contributed by atoms with E-state index in [1.54, 1.807) is 24.3 Å². The van der Waals surface area contributed by atoms with Crippen molar-refractivity contribution < 1.29 is 19.0 Å². The Morgan fingerprint density at radius 1 is 1.11 bits per heavy atom. The summed E-state index contributed by atoms with van der Waals surface area (Å²) in [5, 5.41) is 9.46. The molecule has 0 radical (unpaired) electrons. The van der Waals surface area contributed by atoms with E-state index >= 15 is 0 Å². The van der Waals surface area contributed by atoms with Crippen LogP contribution in [0.2, 0.25) is 0 Å². The largest absolute Gasteiger partial charge is 0.507 e. The number of benzene rings is 2. The van der Waals surface area contributed by atoms with E-state index in [2.05, 4.69) is 0 Å². The highest BCUT2D eigenvalue weighted by Gasteiger charge is 2.12. The number of rotatable bonds is 3. The number of carbonyl (C=O) groups excluding carboxylic acids is 1. The summed E-state index contributed by atoms with van der Waals surface area (Å²) in [5.74, 6) is -1.27. The minimum absolute atomic E-state index is 0.0637. The molecule has 2 aromatic carbocycles. The summed E-state index contributed by atoms with van der Waals surface area (Å²) in [5.41, 5.74) is 0.357. The van der Waals surface area contributed by atoms with E-state index < -0.39 is 11.8 Å². The average molecular weight is 246 g/mol. The maximum Gasteiger partial charge on any atom is 0.342 e. The Bertz CT molecular complexity index is 566. The number of halogens is 1. The summed E-state index contributed by atoms with van der Waals surface area (Å²) in [6, 6.07) is 12.1. The van der Waals surface area contributed by atoms with Crippen LogP contribution in [0.5, 0.6) is 5.75 Å². The van der Waals surface area contributed by atoms with Gasteiger partial charge in [0.15, 0.2) is 0 Å². The molecule has 1 N–H and O–H groups in total. The Balaban J connectivity index is 2.06. The standard InChI is InChI=1S/C14H11FO3/c15-12-7-3-1-5-10(12)9-18-14(17)11-6-2-4-8-13(11)16/h1-8,16H,9H2. The van der Waals surface area contributed by atoms with Gasteiger partial charge in [-0.15, -0.1) is 0 Å². The third kappa shape index (κ3) is 2.66. The fraction of sp³-hybridized carbons (Fsp3) is 0.0714. The van der Waals surface area contributed by atoms with Gasteiger partial charge in [0.25, 0.3) is 0 Å². The van der Waals surface area contributed by atoms with Crippen molar-refractivity contribution in [2.45, 2.75) is 6.61 Å². The summed E-state index contributed by atoms with van der Waals surface area (Å²) in [4.78, 5) is 11.6. The maximum atomic E-state index is 13.3. The number of phenols is 1. The van der Waals surface area contributed by atoms with E-state index in [-0.39, 0.29) is 17.9 Å². The summed E-state index contributed by atoms with van der Waals surface area (Å²) in [6.45, 7) is -0.167. The Kier molecular flexibility index (Phi) is 3.57. The molecule has 0 saturated heterocycles. The second-order valence-corrected chi connectivity index (χ2v) is 3.68. The molecule has 0 saturated carbocycles. The number of phenolic OH excluding ortho intramolecular Hbond substituents is 1. The lowest BCUT2D eigenvalue weighted by atomic mass is 10.2. The van der Waals surface area contributed by atoms with Crippen molar-refractivity contribution in [3.8, 4) is 5.75 Å². The van der Waals surface area contributed by atoms with Gasteiger partial charge in [-0.05, 0) is 18.2 Å². The van der Waals surface area contributed by atoms with Crippen LogP contribution >= 0.6 is 0 Å². The molecule has 0 unspecified atom stereocenters. The highest BCUT2D eigenvalue weighted by Crippen LogP contribution is 2.17. The molecule has 92 valence electrons. The van der Waals surface area contributed by atoms with E-state index in [1.165, 1.54) is 24.3 Å². The Labute approximate surface area is 103 Å². The molecule has 0 fully saturated rings. The van der Waals surface area contributed by atoms with Crippen LogP contribution in [0.3, 0.4) is 0 Å². The molecule has 0 spiro atoms. The SMILES string of the molecule is O=C(OCc1ccccc1F)c1ccccc1O. The lowest BCUT2D eigenvalue weighted by molar-refractivity contribution is 0.0465. The van der Waals surface area contributed by atoms with Crippen molar-refractivity contribution in [3.63, 3.8) is 0 Å². The van der Waals surface area contributed by atoms with Crippen molar-refractivity contribution in [3.05, 3.63) is 65.5 Å². The van der Waals surface area contributed by atoms with Crippen molar-refractivity contribution in [2.75, 3.05) is 0 Å². The third-order valence-electron chi connectivity index (χ3n) is 2.44. The summed E-state index contributed by atoms with van der Waals surface area (Å²) in [7, 11) is 0. The number of hydrogen-bond acceptors (Lipinski definition) is 3. The molecule has 0 aliphatic carbocycles. The zero-order valence-electron chi connectivity index (χ0n) is 9.47. The second-order valence-electron chi connectivity index (χ2n) is 3.68. The molecular formula is C14H11FO3. The highest BCUT2D eigenvalue weighted by molar-refractivity contribution is 5.92. The van der Waals surface area contributed by atoms with Crippen LogP contribution in [0.4, 0.5) is 4.39 Å². The van der Waals surface area contributed by atoms with Gasteiger partial charge in [0.2, 0.25) is 0 Å². The third-order valence-corrected chi connectivity index (χ3v) is 2.44. The van der Waals surface area contributed by atoms with Crippen molar-refractivity contribution in [1.82, 2.24) is 0 Å². The van der Waals surface area contributed by atoms with Gasteiger partial charge in [0, 0.05) is 5.56 Å². The van der Waals surface area contributed by atoms with Crippen LogP contribution in [0.1, 0.15) is 15.9 Å². The van der Waals surface area contributed by atoms with Crippen LogP contribution < -0.4 is 0 Å². The second kappa shape index (κ2) is 5.31. The molecule has 0 aliphatic heterocycles. The van der Waals surface area contributed by atoms with Crippen molar-refractivity contribution in [2.24, 2.45) is 0 Å². The zero-order chi connectivity index (χ0) is 13.0. The van der Waals surface area contributed by atoms with Gasteiger partial charge in [-0.1, -0.05) is 30.3 Å². The molecule has 3 nitrogen and oxygen atoms in total. The molecule has 0 atom stereocenters. The number of aromatic hydroxyl groups is 1. The molecule has 2 aromatic rings. The Morgan fingerprint density at radius 2 is 1.78 bits per heavy atom. The average Bonchev–Trinajstić information content (AvgIpc) is 2.38. The molecule has 0 aliphatic rings. The smallest absolute Gasteiger partial charge is 0.342 e. The minimum atomic E-state index is -0.684. The van der Waals surface area contributed by atoms with E-state index in [0.29, 0.717) is 5.56 Å². The first-order valence-electron chi connectivity index (χ1n) is 5.37. The summed E-state index contributed by atoms with van der Waals surface area (Å²) in [6.07, 6.45) is 0. The van der Waals surface area contributed by atoms with Gasteiger partial charge >= 0.3 is 5.97 Å². The number of hydrogen-bond donors (Lipinski definition) is 1. The minimum Gasteiger partial charge on any atom is -0.507 e. The fourth-order valence-electron chi connectivity index (χ4n) is 1.48. The molecule has 4 heteroatoms. The topological polar surface area (TPSA) is 46.5 Å². The van der Waals surface area contributed by atoms with Crippen LogP contribution in [0.25, 0.3) is 0 Å². The van der Waals surface area contributed by atoms with E-state index in [9.17, 15) is 14.3 Å².